The van der Waals surface area contributed by atoms with Crippen LogP contribution in [0.3, 0.4) is 0 Å². The van der Waals surface area contributed by atoms with E-state index in [9.17, 15) is 9.59 Å². The third kappa shape index (κ3) is 2.93. The van der Waals surface area contributed by atoms with Crippen LogP contribution in [0.25, 0.3) is 0 Å². The number of anilines is 1. The predicted molar refractivity (Wildman–Crippen MR) is 75.2 cm³/mol. The highest BCUT2D eigenvalue weighted by Gasteiger charge is 2.15. The van der Waals surface area contributed by atoms with Crippen LogP contribution in [-0.4, -0.2) is 10.5 Å². The lowest BCUT2D eigenvalue weighted by atomic mass is 10.2. The lowest BCUT2D eigenvalue weighted by molar-refractivity contribution is -0.118. The number of nitrogens with one attached hydrogen (secondary N) is 1. The molecule has 100 valence electrons. The summed E-state index contributed by atoms with van der Waals surface area (Å²) in [5.41, 5.74) is 0.884. The van der Waals surface area contributed by atoms with E-state index in [0.29, 0.717) is 11.3 Å². The quantitative estimate of drug-likeness (QED) is 0.923. The molecule has 2 rings (SSSR count). The predicted octanol–water partition coefficient (Wildman–Crippen LogP) is 1.92. The fourth-order valence-electron chi connectivity index (χ4n) is 1.76. The van der Waals surface area contributed by atoms with Crippen molar-refractivity contribution < 1.29 is 4.79 Å². The number of pyridine rings is 1. The van der Waals surface area contributed by atoms with Gasteiger partial charge in [-0.15, -0.1) is 0 Å². The number of carbonyl (C=O) groups excluding carboxylic acids is 1. The first-order chi connectivity index (χ1) is 9.61. The Hall–Kier alpha value is -2.87. The molecule has 0 aliphatic rings. The second kappa shape index (κ2) is 5.85. The van der Waals surface area contributed by atoms with E-state index in [-0.39, 0.29) is 11.5 Å². The van der Waals surface area contributed by atoms with E-state index < -0.39 is 6.04 Å². The van der Waals surface area contributed by atoms with E-state index in [4.69, 9.17) is 5.26 Å². The van der Waals surface area contributed by atoms with Crippen LogP contribution < -0.4 is 10.9 Å². The zero-order valence-corrected chi connectivity index (χ0v) is 10.9. The maximum Gasteiger partial charge on any atom is 0.251 e. The first-order valence-electron chi connectivity index (χ1n) is 6.10. The van der Waals surface area contributed by atoms with E-state index in [0.717, 1.165) is 0 Å². The summed E-state index contributed by atoms with van der Waals surface area (Å²) in [5, 5.41) is 11.4. The Morgan fingerprint density at radius 2 is 1.95 bits per heavy atom. The van der Waals surface area contributed by atoms with Gasteiger partial charge in [0.1, 0.15) is 6.04 Å². The molecular weight excluding hydrogens is 254 g/mol. The fourth-order valence-corrected chi connectivity index (χ4v) is 1.76. The van der Waals surface area contributed by atoms with Gasteiger partial charge < -0.3 is 9.88 Å². The molecule has 20 heavy (non-hydrogen) atoms. The molecular formula is C15H13N3O2. The molecule has 0 saturated carbocycles. The summed E-state index contributed by atoms with van der Waals surface area (Å²) < 4.78 is 1.36. The number of hydrogen-bond donors (Lipinski definition) is 1. The molecule has 5 heteroatoms. The van der Waals surface area contributed by atoms with Crippen molar-refractivity contribution in [1.82, 2.24) is 4.57 Å². The molecule has 1 aromatic heterocycles. The van der Waals surface area contributed by atoms with Gasteiger partial charge in [-0.25, -0.2) is 0 Å². The summed E-state index contributed by atoms with van der Waals surface area (Å²) in [7, 11) is 0. The van der Waals surface area contributed by atoms with Crippen molar-refractivity contribution >= 4 is 11.6 Å². The van der Waals surface area contributed by atoms with E-state index in [1.807, 2.05) is 6.07 Å². The van der Waals surface area contributed by atoms with E-state index in [1.54, 1.807) is 49.5 Å². The van der Waals surface area contributed by atoms with E-state index >= 15 is 0 Å². The van der Waals surface area contributed by atoms with Gasteiger partial charge in [0.2, 0.25) is 5.91 Å². The average Bonchev–Trinajstić information content (AvgIpc) is 2.48. The van der Waals surface area contributed by atoms with Gasteiger partial charge in [-0.3, -0.25) is 9.59 Å². The minimum Gasteiger partial charge on any atom is -0.324 e. The van der Waals surface area contributed by atoms with Gasteiger partial charge in [0.25, 0.3) is 5.56 Å². The minimum atomic E-state index is -0.612. The maximum absolute atomic E-state index is 12.1. The molecule has 0 fully saturated rings. The number of amides is 1. The number of nitrogens with zero attached hydrogens (tertiary/aromatic N) is 2. The van der Waals surface area contributed by atoms with Crippen LogP contribution in [0.2, 0.25) is 0 Å². The van der Waals surface area contributed by atoms with Crippen LogP contribution in [0, 0.1) is 11.3 Å². The van der Waals surface area contributed by atoms with Crippen LogP contribution in [0.5, 0.6) is 0 Å². The van der Waals surface area contributed by atoms with Crippen molar-refractivity contribution in [2.24, 2.45) is 0 Å². The highest BCUT2D eigenvalue weighted by atomic mass is 16.2. The van der Waals surface area contributed by atoms with Crippen molar-refractivity contribution in [2.45, 2.75) is 13.0 Å². The van der Waals surface area contributed by atoms with Crippen molar-refractivity contribution in [3.63, 3.8) is 0 Å². The first kappa shape index (κ1) is 13.6. The molecule has 5 nitrogen and oxygen atoms in total. The monoisotopic (exact) mass is 267 g/mol. The van der Waals surface area contributed by atoms with Crippen LogP contribution in [-0.2, 0) is 4.79 Å². The Balaban J connectivity index is 2.14. The molecule has 0 aliphatic carbocycles. The van der Waals surface area contributed by atoms with Gasteiger partial charge in [0.05, 0.1) is 11.6 Å². The Kier molecular flexibility index (Phi) is 3.96. The van der Waals surface area contributed by atoms with Gasteiger partial charge in [0, 0.05) is 18.0 Å². The second-order valence-corrected chi connectivity index (χ2v) is 4.30. The maximum atomic E-state index is 12.1. The molecule has 1 heterocycles. The zero-order valence-electron chi connectivity index (χ0n) is 10.9. The SMILES string of the molecule is CC(C(=O)Nc1ccc(C#N)cc1)n1ccccc1=O. The van der Waals surface area contributed by atoms with Crippen LogP contribution in [0.4, 0.5) is 5.69 Å². The second-order valence-electron chi connectivity index (χ2n) is 4.30. The number of aromatic nitrogens is 1. The third-order valence-corrected chi connectivity index (χ3v) is 2.93. The van der Waals surface area contributed by atoms with Crippen molar-refractivity contribution in [1.29, 1.82) is 5.26 Å². The molecule has 0 aliphatic heterocycles. The van der Waals surface area contributed by atoms with Gasteiger partial charge in [0.15, 0.2) is 0 Å². The molecule has 0 radical (unpaired) electrons. The summed E-state index contributed by atoms with van der Waals surface area (Å²) >= 11 is 0. The number of nitriles is 1. The largest absolute Gasteiger partial charge is 0.324 e. The molecule has 1 aromatic carbocycles. The normalized spacial score (nSPS) is 11.4. The molecule has 2 aromatic rings. The molecule has 0 saturated heterocycles. The van der Waals surface area contributed by atoms with Gasteiger partial charge in [-0.05, 0) is 37.3 Å². The van der Waals surface area contributed by atoms with E-state index in [2.05, 4.69) is 5.32 Å². The zero-order chi connectivity index (χ0) is 14.5. The molecule has 1 atom stereocenters. The van der Waals surface area contributed by atoms with Crippen LogP contribution >= 0.6 is 0 Å². The summed E-state index contributed by atoms with van der Waals surface area (Å²) in [5.74, 6) is -0.289. The number of rotatable bonds is 3. The van der Waals surface area contributed by atoms with E-state index in [1.165, 1.54) is 10.6 Å². The molecule has 1 N–H and O–H groups in total. The third-order valence-electron chi connectivity index (χ3n) is 2.93. The highest BCUT2D eigenvalue weighted by Crippen LogP contribution is 2.11. The minimum absolute atomic E-state index is 0.227. The summed E-state index contributed by atoms with van der Waals surface area (Å²) in [4.78, 5) is 23.7. The van der Waals surface area contributed by atoms with Crippen LogP contribution in [0.1, 0.15) is 18.5 Å². The number of carbonyl (C=O) groups is 1. The van der Waals surface area contributed by atoms with Gasteiger partial charge >= 0.3 is 0 Å². The fraction of sp³-hybridized carbons (Fsp3) is 0.133. The lowest BCUT2D eigenvalue weighted by Crippen LogP contribution is -2.30. The average molecular weight is 267 g/mol. The highest BCUT2D eigenvalue weighted by molar-refractivity contribution is 5.93. The Morgan fingerprint density at radius 1 is 1.25 bits per heavy atom. The molecule has 0 spiro atoms. The van der Waals surface area contributed by atoms with Gasteiger partial charge in [-0.2, -0.15) is 5.26 Å². The summed E-state index contributed by atoms with van der Waals surface area (Å²) in [6, 6.07) is 12.7. The molecule has 1 amide bonds. The number of hydrogen-bond acceptors (Lipinski definition) is 3. The van der Waals surface area contributed by atoms with Crippen molar-refractivity contribution in [2.75, 3.05) is 5.32 Å². The number of benzene rings is 1. The Labute approximate surface area is 116 Å². The molecule has 1 unspecified atom stereocenters. The Morgan fingerprint density at radius 3 is 2.55 bits per heavy atom. The first-order valence-corrected chi connectivity index (χ1v) is 6.10. The summed E-state index contributed by atoms with van der Waals surface area (Å²) in [6.45, 7) is 1.65. The topological polar surface area (TPSA) is 74.9 Å². The summed E-state index contributed by atoms with van der Waals surface area (Å²) in [6.07, 6.45) is 1.57. The Bertz CT molecular complexity index is 711. The van der Waals surface area contributed by atoms with Crippen LogP contribution in [0.15, 0.2) is 53.5 Å². The van der Waals surface area contributed by atoms with Gasteiger partial charge in [-0.1, -0.05) is 6.07 Å². The van der Waals surface area contributed by atoms with Crippen molar-refractivity contribution in [3.8, 4) is 6.07 Å². The lowest BCUT2D eigenvalue weighted by Gasteiger charge is -2.14. The smallest absolute Gasteiger partial charge is 0.251 e. The molecule has 0 bridgehead atoms. The standard InChI is InChI=1S/C15H13N3O2/c1-11(18-9-3-2-4-14(18)19)15(20)17-13-7-5-12(10-16)6-8-13/h2-9,11H,1H3,(H,17,20). The van der Waals surface area contributed by atoms with Crippen molar-refractivity contribution in [3.05, 3.63) is 64.6 Å².